The summed E-state index contributed by atoms with van der Waals surface area (Å²) < 4.78 is 1.72. The average molecular weight is 425 g/mol. The summed E-state index contributed by atoms with van der Waals surface area (Å²) >= 11 is 5.29. The van der Waals surface area contributed by atoms with Crippen LogP contribution in [0.15, 0.2) is 47.4 Å². The topological polar surface area (TPSA) is 86.3 Å². The Kier molecular flexibility index (Phi) is 5.91. The summed E-state index contributed by atoms with van der Waals surface area (Å²) in [4.78, 5) is 37.0. The van der Waals surface area contributed by atoms with Gasteiger partial charge in [-0.3, -0.25) is 14.2 Å². The highest BCUT2D eigenvalue weighted by Crippen LogP contribution is 2.17. The van der Waals surface area contributed by atoms with Crippen molar-refractivity contribution >= 4 is 40.5 Å². The molecule has 1 fully saturated rings. The number of aromatic nitrogens is 3. The molecule has 3 aromatic rings. The number of fused-ring (bicyclic) bond motifs is 1. The number of likely N-dealkylation sites (N-methyl/N-ethyl adjacent to an activating group) is 1. The van der Waals surface area contributed by atoms with E-state index in [-0.39, 0.29) is 24.4 Å². The highest BCUT2D eigenvalue weighted by atomic mass is 32.1. The van der Waals surface area contributed by atoms with E-state index >= 15 is 0 Å². The van der Waals surface area contributed by atoms with E-state index in [4.69, 9.17) is 12.2 Å². The van der Waals surface area contributed by atoms with Gasteiger partial charge in [0.05, 0.1) is 22.8 Å². The van der Waals surface area contributed by atoms with E-state index in [9.17, 15) is 9.59 Å². The molecule has 4 rings (SSSR count). The van der Waals surface area contributed by atoms with Gasteiger partial charge in [0, 0.05) is 39.1 Å². The van der Waals surface area contributed by atoms with Gasteiger partial charge in [0.25, 0.3) is 5.56 Å². The predicted octanol–water partition coefficient (Wildman–Crippen LogP) is 2.23. The molecule has 0 spiro atoms. The van der Waals surface area contributed by atoms with Gasteiger partial charge in [-0.15, -0.1) is 0 Å². The van der Waals surface area contributed by atoms with Gasteiger partial charge in [-0.2, -0.15) is 0 Å². The van der Waals surface area contributed by atoms with Gasteiger partial charge in [0.15, 0.2) is 4.77 Å². The van der Waals surface area contributed by atoms with Crippen LogP contribution in [0.25, 0.3) is 10.9 Å². The first-order valence-corrected chi connectivity index (χ1v) is 10.3. The lowest BCUT2D eigenvalue weighted by Gasteiger charge is -2.33. The number of nitrogens with one attached hydrogen (secondary N) is 2. The summed E-state index contributed by atoms with van der Waals surface area (Å²) in [7, 11) is 2.12. The number of benzene rings is 1. The zero-order chi connectivity index (χ0) is 21.1. The van der Waals surface area contributed by atoms with Crippen molar-refractivity contribution in [2.24, 2.45) is 0 Å². The number of amides is 1. The van der Waals surface area contributed by atoms with E-state index in [2.05, 4.69) is 32.1 Å². The molecule has 3 heterocycles. The lowest BCUT2D eigenvalue weighted by molar-refractivity contribution is -0.116. The molecule has 156 valence electrons. The van der Waals surface area contributed by atoms with Gasteiger partial charge in [-0.1, -0.05) is 12.1 Å². The molecule has 9 heteroatoms. The van der Waals surface area contributed by atoms with Crippen LogP contribution < -0.4 is 15.8 Å². The number of carbonyl (C=O) groups is 1. The molecule has 2 N–H and O–H groups in total. The molecule has 0 atom stereocenters. The maximum absolute atomic E-state index is 12.7. The number of hydrogen-bond acceptors (Lipinski definition) is 6. The maximum Gasteiger partial charge on any atom is 0.262 e. The lowest BCUT2D eigenvalue weighted by atomic mass is 10.2. The maximum atomic E-state index is 12.7. The summed E-state index contributed by atoms with van der Waals surface area (Å²) in [6.07, 6.45) is 1.91. The fraction of sp³-hybridized carbons (Fsp3) is 0.333. The van der Waals surface area contributed by atoms with E-state index in [0.29, 0.717) is 21.5 Å². The van der Waals surface area contributed by atoms with Crippen LogP contribution in [-0.4, -0.2) is 58.6 Å². The first-order chi connectivity index (χ1) is 14.5. The number of pyridine rings is 1. The number of hydrogen-bond donors (Lipinski definition) is 2. The smallest absolute Gasteiger partial charge is 0.262 e. The lowest BCUT2D eigenvalue weighted by Crippen LogP contribution is -2.44. The minimum Gasteiger partial charge on any atom is -0.368 e. The van der Waals surface area contributed by atoms with Crippen LogP contribution in [0.1, 0.15) is 6.42 Å². The molecule has 30 heavy (non-hydrogen) atoms. The number of anilines is 2. The van der Waals surface area contributed by atoms with E-state index in [1.54, 1.807) is 30.5 Å². The van der Waals surface area contributed by atoms with E-state index in [1.807, 2.05) is 12.1 Å². The number of carbonyl (C=O) groups excluding carboxylic acids is 1. The minimum absolute atomic E-state index is 0.123. The van der Waals surface area contributed by atoms with Crippen LogP contribution in [0.4, 0.5) is 11.5 Å². The first kappa shape index (κ1) is 20.2. The molecule has 1 saturated heterocycles. The Labute approximate surface area is 179 Å². The van der Waals surface area contributed by atoms with Gasteiger partial charge in [-0.05, 0) is 43.5 Å². The van der Waals surface area contributed by atoms with Gasteiger partial charge in [0.2, 0.25) is 5.91 Å². The number of aromatic amines is 1. The number of nitrogens with zero attached hydrogens (tertiary/aromatic N) is 4. The van der Waals surface area contributed by atoms with Crippen molar-refractivity contribution in [1.82, 2.24) is 19.4 Å². The quantitative estimate of drug-likeness (QED) is 0.611. The molecule has 1 aromatic carbocycles. The summed E-state index contributed by atoms with van der Waals surface area (Å²) in [6.45, 7) is 4.17. The first-order valence-electron chi connectivity index (χ1n) is 9.92. The van der Waals surface area contributed by atoms with E-state index < -0.39 is 0 Å². The second-order valence-electron chi connectivity index (χ2n) is 7.42. The molecule has 0 bridgehead atoms. The molecular weight excluding hydrogens is 400 g/mol. The summed E-state index contributed by atoms with van der Waals surface area (Å²) in [5.74, 6) is 0.276. The van der Waals surface area contributed by atoms with E-state index in [0.717, 1.165) is 31.9 Å². The van der Waals surface area contributed by atoms with Crippen molar-refractivity contribution in [2.45, 2.75) is 13.0 Å². The minimum atomic E-state index is -0.218. The molecule has 0 saturated carbocycles. The van der Waals surface area contributed by atoms with E-state index in [1.165, 1.54) is 4.57 Å². The molecule has 2 aromatic heterocycles. The normalized spacial score (nSPS) is 14.8. The predicted molar refractivity (Wildman–Crippen MR) is 121 cm³/mol. The van der Waals surface area contributed by atoms with Gasteiger partial charge in [-0.25, -0.2) is 4.98 Å². The van der Waals surface area contributed by atoms with Gasteiger partial charge in [0.1, 0.15) is 5.82 Å². The molecule has 0 radical (unpaired) electrons. The summed E-state index contributed by atoms with van der Waals surface area (Å²) in [5.41, 5.74) is 1.55. The summed E-state index contributed by atoms with van der Waals surface area (Å²) in [5, 5.41) is 3.34. The van der Waals surface area contributed by atoms with Crippen LogP contribution in [-0.2, 0) is 11.3 Å². The van der Waals surface area contributed by atoms with Crippen molar-refractivity contribution in [3.05, 3.63) is 57.7 Å². The second-order valence-corrected chi connectivity index (χ2v) is 7.81. The van der Waals surface area contributed by atoms with Crippen molar-refractivity contribution in [3.63, 3.8) is 0 Å². The molecule has 1 amide bonds. The van der Waals surface area contributed by atoms with Crippen LogP contribution >= 0.6 is 12.2 Å². The number of para-hydroxylation sites is 1. The van der Waals surface area contributed by atoms with Crippen molar-refractivity contribution < 1.29 is 4.79 Å². The third kappa shape index (κ3) is 4.42. The number of rotatable bonds is 5. The largest absolute Gasteiger partial charge is 0.368 e. The molecule has 8 nitrogen and oxygen atoms in total. The summed E-state index contributed by atoms with van der Waals surface area (Å²) in [6, 6.07) is 11.0. The van der Waals surface area contributed by atoms with Crippen molar-refractivity contribution in [3.8, 4) is 0 Å². The van der Waals surface area contributed by atoms with Gasteiger partial charge < -0.3 is 20.1 Å². The Balaban J connectivity index is 1.38. The monoisotopic (exact) mass is 424 g/mol. The van der Waals surface area contributed by atoms with Crippen LogP contribution in [0.5, 0.6) is 0 Å². The Morgan fingerprint density at radius 2 is 1.93 bits per heavy atom. The molecular formula is C21H24N6O2S. The molecule has 1 aliphatic rings. The third-order valence-electron chi connectivity index (χ3n) is 5.34. The van der Waals surface area contributed by atoms with Crippen LogP contribution in [0.2, 0.25) is 0 Å². The molecule has 0 aliphatic carbocycles. The highest BCUT2D eigenvalue weighted by Gasteiger charge is 2.15. The average Bonchev–Trinajstić information content (AvgIpc) is 2.75. The fourth-order valence-corrected chi connectivity index (χ4v) is 3.82. The Morgan fingerprint density at radius 1 is 1.17 bits per heavy atom. The molecule has 0 unspecified atom stereocenters. The highest BCUT2D eigenvalue weighted by molar-refractivity contribution is 7.71. The zero-order valence-electron chi connectivity index (χ0n) is 16.8. The molecule has 1 aliphatic heterocycles. The van der Waals surface area contributed by atoms with Crippen LogP contribution in [0.3, 0.4) is 0 Å². The Bertz CT molecular complexity index is 1160. The zero-order valence-corrected chi connectivity index (χ0v) is 17.6. The van der Waals surface area contributed by atoms with Crippen molar-refractivity contribution in [1.29, 1.82) is 0 Å². The standard InChI is InChI=1S/C21H24N6O2S/c1-25-10-12-26(13-11-25)15-6-7-18(22-14-15)24-19(28)8-9-27-20(29)16-4-2-3-5-17(16)23-21(27)30/h2-7,14H,8-13H2,1H3,(H,23,30)(H,22,24,28). The fourth-order valence-electron chi connectivity index (χ4n) is 3.53. The van der Waals surface area contributed by atoms with Gasteiger partial charge >= 0.3 is 0 Å². The second kappa shape index (κ2) is 8.76. The Morgan fingerprint density at radius 3 is 2.67 bits per heavy atom. The van der Waals surface area contributed by atoms with Crippen LogP contribution in [0, 0.1) is 4.77 Å². The Hall–Kier alpha value is -3.04. The number of piperazine rings is 1. The number of H-pyrrole nitrogens is 1. The SMILES string of the molecule is CN1CCN(c2ccc(NC(=O)CCn3c(=S)[nH]c4ccccc4c3=O)nc2)CC1. The van der Waals surface area contributed by atoms with Crippen molar-refractivity contribution in [2.75, 3.05) is 43.4 Å². The third-order valence-corrected chi connectivity index (χ3v) is 5.66.